The van der Waals surface area contributed by atoms with Gasteiger partial charge in [-0.05, 0) is 44.0 Å². The second-order valence-electron chi connectivity index (χ2n) is 4.97. The van der Waals surface area contributed by atoms with Gasteiger partial charge >= 0.3 is 0 Å². The molecule has 1 aromatic heterocycles. The minimum absolute atomic E-state index is 0.150. The van der Waals surface area contributed by atoms with E-state index in [2.05, 4.69) is 69.8 Å². The fourth-order valence-electron chi connectivity index (χ4n) is 2.34. The minimum atomic E-state index is 0.150. The van der Waals surface area contributed by atoms with Crippen LogP contribution >= 0.6 is 15.9 Å². The average molecular weight is 336 g/mol. The van der Waals surface area contributed by atoms with Crippen molar-refractivity contribution in [2.45, 2.75) is 39.8 Å². The number of nitrogens with one attached hydrogen (secondary N) is 1. The topological polar surface area (TPSA) is 29.9 Å². The maximum atomic E-state index is 4.56. The first-order valence-electron chi connectivity index (χ1n) is 7.17. The molecule has 1 N–H and O–H groups in total. The number of imidazole rings is 1. The van der Waals surface area contributed by atoms with E-state index in [1.54, 1.807) is 0 Å². The zero-order chi connectivity index (χ0) is 14.5. The van der Waals surface area contributed by atoms with E-state index in [0.717, 1.165) is 29.8 Å². The van der Waals surface area contributed by atoms with Crippen molar-refractivity contribution in [2.75, 3.05) is 6.54 Å². The van der Waals surface area contributed by atoms with Crippen LogP contribution in [0.1, 0.15) is 43.3 Å². The molecule has 0 saturated heterocycles. The monoisotopic (exact) mass is 335 g/mol. The van der Waals surface area contributed by atoms with Crippen molar-refractivity contribution in [3.05, 3.63) is 52.0 Å². The van der Waals surface area contributed by atoms with E-state index in [-0.39, 0.29) is 6.04 Å². The third kappa shape index (κ3) is 3.30. The Balaban J connectivity index is 2.38. The summed E-state index contributed by atoms with van der Waals surface area (Å²) in [4.78, 5) is 4.56. The van der Waals surface area contributed by atoms with E-state index >= 15 is 0 Å². The zero-order valence-electron chi connectivity index (χ0n) is 12.4. The van der Waals surface area contributed by atoms with Crippen LogP contribution in [0.5, 0.6) is 0 Å². The van der Waals surface area contributed by atoms with Gasteiger partial charge in [0.15, 0.2) is 0 Å². The molecule has 3 nitrogen and oxygen atoms in total. The molecule has 0 bridgehead atoms. The van der Waals surface area contributed by atoms with Crippen LogP contribution < -0.4 is 5.32 Å². The summed E-state index contributed by atoms with van der Waals surface area (Å²) in [5.74, 6) is 1.09. The highest BCUT2D eigenvalue weighted by Crippen LogP contribution is 2.25. The first-order chi connectivity index (χ1) is 9.67. The summed E-state index contributed by atoms with van der Waals surface area (Å²) >= 11 is 3.57. The molecule has 0 radical (unpaired) electrons. The van der Waals surface area contributed by atoms with Crippen LogP contribution in [0.3, 0.4) is 0 Å². The van der Waals surface area contributed by atoms with E-state index in [1.807, 2.05) is 12.4 Å². The van der Waals surface area contributed by atoms with E-state index < -0.39 is 0 Å². The normalized spacial score (nSPS) is 12.6. The lowest BCUT2D eigenvalue weighted by Gasteiger charge is -2.20. The van der Waals surface area contributed by atoms with Gasteiger partial charge in [-0.2, -0.15) is 0 Å². The van der Waals surface area contributed by atoms with Crippen molar-refractivity contribution in [3.63, 3.8) is 0 Å². The Kier molecular flexibility index (Phi) is 5.38. The van der Waals surface area contributed by atoms with Crippen molar-refractivity contribution in [1.82, 2.24) is 14.9 Å². The van der Waals surface area contributed by atoms with Crippen molar-refractivity contribution in [2.24, 2.45) is 0 Å². The molecular formula is C16H22BrN3. The fourth-order valence-corrected chi connectivity index (χ4v) is 2.59. The van der Waals surface area contributed by atoms with Crippen molar-refractivity contribution < 1.29 is 0 Å². The lowest BCUT2D eigenvalue weighted by Crippen LogP contribution is -2.26. The van der Waals surface area contributed by atoms with E-state index in [0.29, 0.717) is 0 Å². The molecule has 0 aliphatic carbocycles. The van der Waals surface area contributed by atoms with Crippen molar-refractivity contribution >= 4 is 15.9 Å². The first kappa shape index (κ1) is 15.3. The fraction of sp³-hybridized carbons (Fsp3) is 0.438. The summed E-state index contributed by atoms with van der Waals surface area (Å²) in [7, 11) is 0. The van der Waals surface area contributed by atoms with Crippen molar-refractivity contribution in [3.8, 4) is 0 Å². The molecular weight excluding hydrogens is 314 g/mol. The lowest BCUT2D eigenvalue weighted by atomic mass is 10.0. The molecule has 2 rings (SSSR count). The molecule has 108 valence electrons. The van der Waals surface area contributed by atoms with E-state index in [9.17, 15) is 0 Å². The molecule has 1 heterocycles. The predicted octanol–water partition coefficient (Wildman–Crippen LogP) is 4.06. The Morgan fingerprint density at radius 3 is 2.80 bits per heavy atom. The molecule has 1 atom stereocenters. The van der Waals surface area contributed by atoms with Crippen LogP contribution in [0.25, 0.3) is 0 Å². The van der Waals surface area contributed by atoms with E-state index in [1.165, 1.54) is 11.1 Å². The van der Waals surface area contributed by atoms with Gasteiger partial charge in [0.25, 0.3) is 0 Å². The largest absolute Gasteiger partial charge is 0.334 e. The summed E-state index contributed by atoms with van der Waals surface area (Å²) < 4.78 is 3.35. The minimum Gasteiger partial charge on any atom is -0.334 e. The summed E-state index contributed by atoms with van der Waals surface area (Å²) in [5.41, 5.74) is 2.51. The Morgan fingerprint density at radius 1 is 1.35 bits per heavy atom. The van der Waals surface area contributed by atoms with Gasteiger partial charge in [-0.1, -0.05) is 35.0 Å². The maximum absolute atomic E-state index is 4.56. The maximum Gasteiger partial charge on any atom is 0.130 e. The molecule has 2 aromatic rings. The molecule has 1 aromatic carbocycles. The van der Waals surface area contributed by atoms with Crippen LogP contribution in [-0.4, -0.2) is 16.1 Å². The van der Waals surface area contributed by atoms with Crippen LogP contribution in [0.4, 0.5) is 0 Å². The van der Waals surface area contributed by atoms with Gasteiger partial charge < -0.3 is 9.88 Å². The van der Waals surface area contributed by atoms with Crippen molar-refractivity contribution in [1.29, 1.82) is 0 Å². The molecule has 0 amide bonds. The molecule has 0 spiro atoms. The number of hydrogen-bond acceptors (Lipinski definition) is 2. The summed E-state index contributed by atoms with van der Waals surface area (Å²) in [6, 6.07) is 6.66. The Hall–Kier alpha value is -1.13. The lowest BCUT2D eigenvalue weighted by molar-refractivity contribution is 0.541. The highest BCUT2D eigenvalue weighted by atomic mass is 79.9. The molecule has 0 aliphatic rings. The smallest absolute Gasteiger partial charge is 0.130 e. The Morgan fingerprint density at radius 2 is 2.15 bits per heavy atom. The van der Waals surface area contributed by atoms with Gasteiger partial charge in [0.05, 0.1) is 6.04 Å². The predicted molar refractivity (Wildman–Crippen MR) is 86.9 cm³/mol. The first-order valence-corrected chi connectivity index (χ1v) is 7.97. The quantitative estimate of drug-likeness (QED) is 0.862. The van der Waals surface area contributed by atoms with Crippen LogP contribution in [0.2, 0.25) is 0 Å². The van der Waals surface area contributed by atoms with Gasteiger partial charge in [0, 0.05) is 23.4 Å². The van der Waals surface area contributed by atoms with Crippen LogP contribution in [0, 0.1) is 6.92 Å². The highest BCUT2D eigenvalue weighted by Gasteiger charge is 2.18. The molecule has 1 unspecified atom stereocenters. The number of aromatic nitrogens is 2. The Bertz CT molecular complexity index is 563. The number of nitrogens with zero attached hydrogens (tertiary/aromatic N) is 2. The summed E-state index contributed by atoms with van der Waals surface area (Å²) in [5, 5.41) is 3.61. The zero-order valence-corrected chi connectivity index (χ0v) is 13.9. The summed E-state index contributed by atoms with van der Waals surface area (Å²) in [6.07, 6.45) is 5.03. The SMILES string of the molecule is CCCNC(c1ccc(Br)c(C)c1)c1nccn1CC. The second kappa shape index (κ2) is 7.04. The standard InChI is InChI=1S/C16H22BrN3/c1-4-8-18-15(16-19-9-10-20(16)5-2)13-6-7-14(17)12(3)11-13/h6-7,9-11,15,18H,4-5,8H2,1-3H3. The van der Waals surface area contributed by atoms with E-state index in [4.69, 9.17) is 0 Å². The number of aryl methyl sites for hydroxylation is 2. The third-order valence-electron chi connectivity index (χ3n) is 3.46. The number of benzene rings is 1. The van der Waals surface area contributed by atoms with Gasteiger partial charge in [-0.25, -0.2) is 4.98 Å². The number of rotatable bonds is 6. The molecule has 0 saturated carbocycles. The van der Waals surface area contributed by atoms with Gasteiger partial charge in [0.1, 0.15) is 5.82 Å². The van der Waals surface area contributed by atoms with Crippen LogP contribution in [-0.2, 0) is 6.54 Å². The van der Waals surface area contributed by atoms with Gasteiger partial charge in [0.2, 0.25) is 0 Å². The Labute approximate surface area is 129 Å². The van der Waals surface area contributed by atoms with Crippen LogP contribution in [0.15, 0.2) is 35.1 Å². The van der Waals surface area contributed by atoms with Gasteiger partial charge in [-0.3, -0.25) is 0 Å². The highest BCUT2D eigenvalue weighted by molar-refractivity contribution is 9.10. The molecule has 20 heavy (non-hydrogen) atoms. The third-order valence-corrected chi connectivity index (χ3v) is 4.35. The second-order valence-corrected chi connectivity index (χ2v) is 5.82. The van der Waals surface area contributed by atoms with Gasteiger partial charge in [-0.15, -0.1) is 0 Å². The molecule has 0 aliphatic heterocycles. The average Bonchev–Trinajstić information content (AvgIpc) is 2.91. The summed E-state index contributed by atoms with van der Waals surface area (Å²) in [6.45, 7) is 8.38. The molecule has 0 fully saturated rings. The molecule has 4 heteroatoms. The number of halogens is 1. The number of hydrogen-bond donors (Lipinski definition) is 1.